The molecule has 2 saturated heterocycles. The lowest BCUT2D eigenvalue weighted by molar-refractivity contribution is -0.151. The van der Waals surface area contributed by atoms with E-state index in [1.54, 1.807) is 0 Å². The Balaban J connectivity index is 1.78. The first-order valence-corrected chi connectivity index (χ1v) is 10.2. The lowest BCUT2D eigenvalue weighted by Gasteiger charge is -2.37. The minimum absolute atomic E-state index is 0.0528. The van der Waals surface area contributed by atoms with Crippen LogP contribution in [0.25, 0.3) is 0 Å². The summed E-state index contributed by atoms with van der Waals surface area (Å²) < 4.78 is 13.5. The summed E-state index contributed by atoms with van der Waals surface area (Å²) in [5.74, 6) is 0.957. The molecule has 3 aliphatic heterocycles. The summed E-state index contributed by atoms with van der Waals surface area (Å²) in [7, 11) is 0. The lowest BCUT2D eigenvalue weighted by Crippen LogP contribution is -2.40. The van der Waals surface area contributed by atoms with Crippen LogP contribution in [0.4, 0.5) is 0 Å². The standard InChI is InChI=1S/C18H21Br2NO3/c1-2-23-18(22)15-12-9-24-17-11(7-10(19)8-13(17)20)16(12)21-6-4-3-5-14(15)21/h7-8,12,14-16H,2-6,9H2,1H3/t12-,14-,15-,16-/m1/s1. The van der Waals surface area contributed by atoms with Gasteiger partial charge < -0.3 is 9.47 Å². The summed E-state index contributed by atoms with van der Waals surface area (Å²) in [5.41, 5.74) is 1.19. The van der Waals surface area contributed by atoms with Crippen LogP contribution in [-0.2, 0) is 9.53 Å². The van der Waals surface area contributed by atoms with Crippen molar-refractivity contribution in [3.63, 3.8) is 0 Å². The van der Waals surface area contributed by atoms with Gasteiger partial charge in [0.15, 0.2) is 0 Å². The smallest absolute Gasteiger partial charge is 0.311 e. The van der Waals surface area contributed by atoms with Crippen molar-refractivity contribution in [2.75, 3.05) is 19.8 Å². The highest BCUT2D eigenvalue weighted by Gasteiger charge is 2.55. The number of halogens is 2. The Labute approximate surface area is 159 Å². The van der Waals surface area contributed by atoms with Gasteiger partial charge in [-0.3, -0.25) is 9.69 Å². The number of carbonyl (C=O) groups excluding carboxylic acids is 1. The molecular weight excluding hydrogens is 438 g/mol. The Morgan fingerprint density at radius 2 is 2.21 bits per heavy atom. The van der Waals surface area contributed by atoms with E-state index in [1.165, 1.54) is 18.4 Å². The summed E-state index contributed by atoms with van der Waals surface area (Å²) in [5, 5.41) is 0. The molecule has 1 aromatic rings. The summed E-state index contributed by atoms with van der Waals surface area (Å²) in [6.45, 7) is 3.94. The van der Waals surface area contributed by atoms with Crippen LogP contribution < -0.4 is 4.74 Å². The van der Waals surface area contributed by atoms with E-state index in [9.17, 15) is 4.79 Å². The molecule has 4 atom stereocenters. The largest absolute Gasteiger partial charge is 0.492 e. The van der Waals surface area contributed by atoms with Crippen molar-refractivity contribution in [2.24, 2.45) is 11.8 Å². The maximum atomic E-state index is 12.7. The molecule has 2 fully saturated rings. The van der Waals surface area contributed by atoms with Crippen molar-refractivity contribution in [3.05, 3.63) is 26.6 Å². The molecule has 0 unspecified atom stereocenters. The van der Waals surface area contributed by atoms with Crippen LogP contribution in [0, 0.1) is 11.8 Å². The maximum Gasteiger partial charge on any atom is 0.311 e. The minimum Gasteiger partial charge on any atom is -0.492 e. The predicted octanol–water partition coefficient (Wildman–Crippen LogP) is 4.31. The second-order valence-corrected chi connectivity index (χ2v) is 8.57. The molecule has 3 heterocycles. The fourth-order valence-electron chi connectivity index (χ4n) is 4.74. The number of carbonyl (C=O) groups is 1. The second kappa shape index (κ2) is 6.61. The predicted molar refractivity (Wildman–Crippen MR) is 98.0 cm³/mol. The molecule has 0 amide bonds. The molecule has 0 radical (unpaired) electrons. The van der Waals surface area contributed by atoms with Crippen molar-refractivity contribution in [2.45, 2.75) is 38.3 Å². The Hall–Kier alpha value is -0.590. The van der Waals surface area contributed by atoms with Crippen LogP contribution in [0.2, 0.25) is 0 Å². The molecule has 0 spiro atoms. The van der Waals surface area contributed by atoms with Crippen LogP contribution in [0.1, 0.15) is 37.8 Å². The summed E-state index contributed by atoms with van der Waals surface area (Å²) >= 11 is 7.22. The van der Waals surface area contributed by atoms with Crippen LogP contribution in [0.15, 0.2) is 21.1 Å². The Kier molecular flexibility index (Phi) is 4.65. The van der Waals surface area contributed by atoms with Gasteiger partial charge in [0, 0.05) is 28.0 Å². The molecule has 130 valence electrons. The van der Waals surface area contributed by atoms with Crippen molar-refractivity contribution in [3.8, 4) is 5.75 Å². The molecule has 24 heavy (non-hydrogen) atoms. The van der Waals surface area contributed by atoms with Gasteiger partial charge in [-0.2, -0.15) is 0 Å². The molecule has 0 aliphatic carbocycles. The SMILES string of the molecule is CCOC(=O)[C@@H]1[C@H]2COc3c(Br)cc(Br)cc3[C@H]2N2CCCC[C@H]12. The van der Waals surface area contributed by atoms with Crippen LogP contribution in [-0.4, -0.2) is 36.7 Å². The maximum absolute atomic E-state index is 12.7. The minimum atomic E-state index is -0.0823. The van der Waals surface area contributed by atoms with E-state index in [2.05, 4.69) is 42.8 Å². The van der Waals surface area contributed by atoms with Gasteiger partial charge in [0.2, 0.25) is 0 Å². The molecule has 0 aromatic heterocycles. The summed E-state index contributed by atoms with van der Waals surface area (Å²) in [6, 6.07) is 4.68. The fraction of sp³-hybridized carbons (Fsp3) is 0.611. The van der Waals surface area contributed by atoms with E-state index in [0.29, 0.717) is 13.2 Å². The van der Waals surface area contributed by atoms with Crippen molar-refractivity contribution >= 4 is 37.8 Å². The molecule has 0 saturated carbocycles. The van der Waals surface area contributed by atoms with Gasteiger partial charge in [0.25, 0.3) is 0 Å². The number of rotatable bonds is 2. The summed E-state index contributed by atoms with van der Waals surface area (Å²) in [4.78, 5) is 15.2. The molecule has 0 N–H and O–H groups in total. The third kappa shape index (κ3) is 2.61. The zero-order valence-corrected chi connectivity index (χ0v) is 16.8. The van der Waals surface area contributed by atoms with E-state index in [4.69, 9.17) is 9.47 Å². The molecule has 3 aliphatic rings. The fourth-order valence-corrected chi connectivity index (χ4v) is 6.12. The normalized spacial score (nSPS) is 31.6. The monoisotopic (exact) mass is 457 g/mol. The average Bonchev–Trinajstić information content (AvgIpc) is 2.89. The molecule has 6 heteroatoms. The van der Waals surface area contributed by atoms with Gasteiger partial charge in [-0.05, 0) is 54.4 Å². The number of piperidine rings is 1. The Bertz CT molecular complexity index is 666. The van der Waals surface area contributed by atoms with Gasteiger partial charge in [-0.15, -0.1) is 0 Å². The molecule has 1 aromatic carbocycles. The van der Waals surface area contributed by atoms with E-state index < -0.39 is 0 Å². The highest BCUT2D eigenvalue weighted by Crippen LogP contribution is 2.54. The van der Waals surface area contributed by atoms with Crippen LogP contribution in [0.5, 0.6) is 5.75 Å². The number of benzene rings is 1. The molecule has 4 nitrogen and oxygen atoms in total. The van der Waals surface area contributed by atoms with Gasteiger partial charge in [-0.25, -0.2) is 0 Å². The lowest BCUT2D eigenvalue weighted by atomic mass is 9.82. The third-order valence-corrected chi connectivity index (χ3v) is 6.61. The first-order valence-electron chi connectivity index (χ1n) is 8.66. The first-order chi connectivity index (χ1) is 11.6. The molecule has 4 rings (SSSR count). The molecule has 0 bridgehead atoms. The highest BCUT2D eigenvalue weighted by atomic mass is 79.9. The Morgan fingerprint density at radius 1 is 1.38 bits per heavy atom. The van der Waals surface area contributed by atoms with Gasteiger partial charge in [-0.1, -0.05) is 22.4 Å². The van der Waals surface area contributed by atoms with Gasteiger partial charge >= 0.3 is 5.97 Å². The van der Waals surface area contributed by atoms with Crippen LogP contribution in [0.3, 0.4) is 0 Å². The second-order valence-electron chi connectivity index (χ2n) is 6.80. The van der Waals surface area contributed by atoms with E-state index in [-0.39, 0.29) is 29.9 Å². The summed E-state index contributed by atoms with van der Waals surface area (Å²) in [6.07, 6.45) is 3.45. The Morgan fingerprint density at radius 3 is 3.00 bits per heavy atom. The van der Waals surface area contributed by atoms with E-state index >= 15 is 0 Å². The van der Waals surface area contributed by atoms with Crippen molar-refractivity contribution < 1.29 is 14.3 Å². The number of hydrogen-bond donors (Lipinski definition) is 0. The zero-order chi connectivity index (χ0) is 16.8. The number of nitrogens with zero attached hydrogens (tertiary/aromatic N) is 1. The van der Waals surface area contributed by atoms with Gasteiger partial charge in [0.1, 0.15) is 5.75 Å². The van der Waals surface area contributed by atoms with Gasteiger partial charge in [0.05, 0.1) is 23.6 Å². The first kappa shape index (κ1) is 16.9. The topological polar surface area (TPSA) is 38.8 Å². The zero-order valence-electron chi connectivity index (χ0n) is 13.6. The highest BCUT2D eigenvalue weighted by molar-refractivity contribution is 9.11. The van der Waals surface area contributed by atoms with Crippen molar-refractivity contribution in [1.82, 2.24) is 4.90 Å². The third-order valence-electron chi connectivity index (χ3n) is 5.57. The number of fused-ring (bicyclic) bond motifs is 5. The van der Waals surface area contributed by atoms with Crippen molar-refractivity contribution in [1.29, 1.82) is 0 Å². The number of esters is 1. The quantitative estimate of drug-likeness (QED) is 0.619. The van der Waals surface area contributed by atoms with Crippen LogP contribution >= 0.6 is 31.9 Å². The van der Waals surface area contributed by atoms with E-state index in [0.717, 1.165) is 27.7 Å². The molecular formula is C18H21Br2NO3. The van der Waals surface area contributed by atoms with E-state index in [1.807, 2.05) is 13.0 Å². The average molecular weight is 459 g/mol. The number of hydrogen-bond acceptors (Lipinski definition) is 4. The number of ether oxygens (including phenoxy) is 2.